The first-order valence-electron chi connectivity index (χ1n) is 12.6. The zero-order valence-electron chi connectivity index (χ0n) is 21.9. The molecule has 1 aliphatic rings. The average molecular weight is 579 g/mol. The summed E-state index contributed by atoms with van der Waals surface area (Å²) >= 11 is 5.90. The van der Waals surface area contributed by atoms with Gasteiger partial charge in [0.05, 0.1) is 11.6 Å². The largest absolute Gasteiger partial charge is 0.483 e. The molecular weight excluding hydrogens is 552 g/mol. The van der Waals surface area contributed by atoms with Crippen LogP contribution in [0.25, 0.3) is 22.0 Å². The van der Waals surface area contributed by atoms with Gasteiger partial charge < -0.3 is 14.7 Å². The summed E-state index contributed by atoms with van der Waals surface area (Å²) < 4.78 is 30.3. The van der Waals surface area contributed by atoms with Crippen molar-refractivity contribution in [3.8, 4) is 22.9 Å². The minimum absolute atomic E-state index is 0.0269. The lowest BCUT2D eigenvalue weighted by Gasteiger charge is -2.30. The molecule has 1 aliphatic heterocycles. The summed E-state index contributed by atoms with van der Waals surface area (Å²) in [7, 11) is -4.19. The zero-order valence-corrected chi connectivity index (χ0v) is 23.4. The highest BCUT2D eigenvalue weighted by Crippen LogP contribution is 2.35. The molecule has 3 N–H and O–H groups in total. The summed E-state index contributed by atoms with van der Waals surface area (Å²) in [4.78, 5) is 15.2. The highest BCUT2D eigenvalue weighted by atomic mass is 35.5. The number of aryl methyl sites for hydroxylation is 1. The Morgan fingerprint density at radius 1 is 1.18 bits per heavy atom. The number of halogens is 1. The van der Waals surface area contributed by atoms with E-state index >= 15 is 0 Å². The molecule has 3 aromatic heterocycles. The molecule has 0 unspecified atom stereocenters. The molecule has 0 aliphatic carbocycles. The Kier molecular flexibility index (Phi) is 7.61. The molecule has 206 valence electrons. The summed E-state index contributed by atoms with van der Waals surface area (Å²) in [6.07, 6.45) is 2.20. The molecule has 1 atom stereocenters. The van der Waals surface area contributed by atoms with Crippen molar-refractivity contribution < 1.29 is 18.3 Å². The molecule has 0 radical (unpaired) electrons. The van der Waals surface area contributed by atoms with Crippen LogP contribution in [0.1, 0.15) is 42.7 Å². The third-order valence-corrected chi connectivity index (χ3v) is 7.91. The summed E-state index contributed by atoms with van der Waals surface area (Å²) in [5.41, 5.74) is 3.82. The van der Waals surface area contributed by atoms with Crippen molar-refractivity contribution >= 4 is 38.3 Å². The number of hydrogen-bond acceptors (Lipinski definition) is 9. The Hall–Kier alpha value is -3.82. The number of nitriles is 1. The molecule has 4 heterocycles. The fourth-order valence-corrected chi connectivity index (χ4v) is 5.69. The van der Waals surface area contributed by atoms with Gasteiger partial charge in [0.1, 0.15) is 28.8 Å². The minimum atomic E-state index is -4.19. The lowest BCUT2D eigenvalue weighted by molar-refractivity contribution is 0.145. The van der Waals surface area contributed by atoms with Crippen molar-refractivity contribution in [2.24, 2.45) is 5.14 Å². The second-order valence-corrected chi connectivity index (χ2v) is 11.6. The quantitative estimate of drug-likeness (QED) is 0.319. The number of primary sulfonamides is 1. The number of aliphatic hydroxyl groups is 1. The number of pyridine rings is 3. The lowest BCUT2D eigenvalue weighted by Crippen LogP contribution is -2.36. The van der Waals surface area contributed by atoms with Gasteiger partial charge in [-0.05, 0) is 68.7 Å². The number of rotatable bonds is 6. The van der Waals surface area contributed by atoms with Crippen molar-refractivity contribution in [2.75, 3.05) is 18.0 Å². The molecule has 1 aromatic carbocycles. The van der Waals surface area contributed by atoms with Crippen LogP contribution in [-0.2, 0) is 10.0 Å². The Bertz CT molecular complexity index is 1730. The summed E-state index contributed by atoms with van der Waals surface area (Å²) in [5, 5.41) is 25.3. The van der Waals surface area contributed by atoms with E-state index in [9.17, 15) is 18.8 Å². The van der Waals surface area contributed by atoms with Gasteiger partial charge in [0.25, 0.3) is 10.0 Å². The molecule has 1 fully saturated rings. The van der Waals surface area contributed by atoms with Crippen LogP contribution in [0.4, 0.5) is 5.82 Å². The van der Waals surface area contributed by atoms with Gasteiger partial charge in [0.2, 0.25) is 5.03 Å². The predicted molar refractivity (Wildman–Crippen MR) is 152 cm³/mol. The SMILES string of the molecule is Cc1cc([C@@H](C)Oc2ccc(Cl)nc2S(N)(=O)=O)c2cc(-c3ccc(N4CCC(O)CC4)nc3)c(C#N)nc2c1. The van der Waals surface area contributed by atoms with Crippen LogP contribution in [0.3, 0.4) is 0 Å². The number of fused-ring (bicyclic) bond motifs is 1. The number of aromatic nitrogens is 3. The average Bonchev–Trinajstić information content (AvgIpc) is 2.92. The Balaban J connectivity index is 1.54. The summed E-state index contributed by atoms with van der Waals surface area (Å²) in [6, 6.07) is 14.5. The fourth-order valence-electron chi connectivity index (χ4n) is 4.87. The van der Waals surface area contributed by atoms with Gasteiger partial charge in [0, 0.05) is 41.4 Å². The maximum Gasteiger partial charge on any atom is 0.259 e. The molecule has 0 spiro atoms. The van der Waals surface area contributed by atoms with Crippen molar-refractivity contribution in [2.45, 2.75) is 43.9 Å². The number of sulfonamides is 1. The van der Waals surface area contributed by atoms with E-state index < -0.39 is 21.2 Å². The molecule has 0 amide bonds. The molecule has 1 saturated heterocycles. The number of nitrogens with zero attached hydrogens (tertiary/aromatic N) is 5. The standard InChI is InChI=1S/C28H27ClN6O4S/c1-16-11-20(17(2)39-25-4-5-26(29)34-28(25)40(31,37)38)22-13-21(24(14-30)33-23(22)12-16)18-3-6-27(32-15-18)35-9-7-19(36)8-10-35/h3-6,11-13,15,17,19,36H,7-10H2,1-2H3,(H2,31,37,38)/t17-/m1/s1. The lowest BCUT2D eigenvalue weighted by atomic mass is 9.96. The minimum Gasteiger partial charge on any atom is -0.483 e. The first kappa shape index (κ1) is 27.7. The third-order valence-electron chi connectivity index (χ3n) is 6.87. The molecule has 5 rings (SSSR count). The molecule has 40 heavy (non-hydrogen) atoms. The normalized spacial score (nSPS) is 15.2. The number of piperidine rings is 1. The van der Waals surface area contributed by atoms with Crippen LogP contribution in [0.15, 0.2) is 53.7 Å². The molecule has 0 bridgehead atoms. The predicted octanol–water partition coefficient (Wildman–Crippen LogP) is 4.27. The van der Waals surface area contributed by atoms with Gasteiger partial charge in [-0.2, -0.15) is 5.26 Å². The molecule has 0 saturated carbocycles. The highest BCUT2D eigenvalue weighted by Gasteiger charge is 2.23. The van der Waals surface area contributed by atoms with Gasteiger partial charge in [-0.1, -0.05) is 17.7 Å². The van der Waals surface area contributed by atoms with E-state index in [1.807, 2.05) is 37.3 Å². The summed E-state index contributed by atoms with van der Waals surface area (Å²) in [6.45, 7) is 5.13. The number of ether oxygens (including phenoxy) is 1. The maximum atomic E-state index is 12.1. The van der Waals surface area contributed by atoms with E-state index in [1.165, 1.54) is 12.1 Å². The van der Waals surface area contributed by atoms with E-state index in [1.54, 1.807) is 13.1 Å². The van der Waals surface area contributed by atoms with Gasteiger partial charge in [-0.15, -0.1) is 0 Å². The molecule has 12 heteroatoms. The monoisotopic (exact) mass is 578 g/mol. The van der Waals surface area contributed by atoms with E-state index in [-0.39, 0.29) is 22.7 Å². The van der Waals surface area contributed by atoms with Crippen molar-refractivity contribution in [3.05, 3.63) is 70.6 Å². The second kappa shape index (κ2) is 11.0. The van der Waals surface area contributed by atoms with Crippen molar-refractivity contribution in [1.82, 2.24) is 15.0 Å². The van der Waals surface area contributed by atoms with E-state index in [0.717, 1.165) is 41.0 Å². The van der Waals surface area contributed by atoms with Crippen molar-refractivity contribution in [3.63, 3.8) is 0 Å². The van der Waals surface area contributed by atoms with Gasteiger partial charge in [0.15, 0.2) is 5.75 Å². The number of nitrogens with two attached hydrogens (primary N) is 1. The van der Waals surface area contributed by atoms with Crippen molar-refractivity contribution in [1.29, 1.82) is 5.26 Å². The van der Waals surface area contributed by atoms with E-state index in [2.05, 4.69) is 25.9 Å². The topological polar surface area (TPSA) is 155 Å². The van der Waals surface area contributed by atoms with Crippen LogP contribution in [0.2, 0.25) is 5.15 Å². The van der Waals surface area contributed by atoms with Crippen LogP contribution < -0.4 is 14.8 Å². The number of benzene rings is 1. The fraction of sp³-hybridized carbons (Fsp3) is 0.286. The van der Waals surface area contributed by atoms with Crippen LogP contribution >= 0.6 is 11.6 Å². The zero-order chi connectivity index (χ0) is 28.6. The van der Waals surface area contributed by atoms with Gasteiger partial charge in [-0.25, -0.2) is 28.5 Å². The number of aliphatic hydroxyl groups excluding tert-OH is 1. The van der Waals surface area contributed by atoms with Crippen LogP contribution in [-0.4, -0.2) is 47.7 Å². The van der Waals surface area contributed by atoms with Gasteiger partial charge >= 0.3 is 0 Å². The highest BCUT2D eigenvalue weighted by molar-refractivity contribution is 7.89. The second-order valence-electron chi connectivity index (χ2n) is 9.78. The Morgan fingerprint density at radius 3 is 2.58 bits per heavy atom. The van der Waals surface area contributed by atoms with Crippen LogP contribution in [0.5, 0.6) is 5.75 Å². The van der Waals surface area contributed by atoms with Crippen LogP contribution in [0, 0.1) is 18.3 Å². The van der Waals surface area contributed by atoms with E-state index in [0.29, 0.717) is 23.9 Å². The Morgan fingerprint density at radius 2 is 1.93 bits per heavy atom. The number of hydrogen-bond donors (Lipinski definition) is 2. The third kappa shape index (κ3) is 5.71. The van der Waals surface area contributed by atoms with Gasteiger partial charge in [-0.3, -0.25) is 0 Å². The number of anilines is 1. The smallest absolute Gasteiger partial charge is 0.259 e. The van der Waals surface area contributed by atoms with E-state index in [4.69, 9.17) is 21.5 Å². The maximum absolute atomic E-state index is 12.1. The molecular formula is C28H27ClN6O4S. The first-order valence-corrected chi connectivity index (χ1v) is 14.6. The molecule has 10 nitrogen and oxygen atoms in total. The Labute approximate surface area is 237 Å². The molecule has 4 aromatic rings. The first-order chi connectivity index (χ1) is 19.0. The summed E-state index contributed by atoms with van der Waals surface area (Å²) in [5.74, 6) is 0.782.